The first kappa shape index (κ1) is 11.9. The van der Waals surface area contributed by atoms with Gasteiger partial charge >= 0.3 is 0 Å². The Bertz CT molecular complexity index is 312. The van der Waals surface area contributed by atoms with Crippen molar-refractivity contribution in [2.75, 3.05) is 30.3 Å². The van der Waals surface area contributed by atoms with Crippen LogP contribution in [0.1, 0.15) is 18.9 Å². The summed E-state index contributed by atoms with van der Waals surface area (Å²) in [7, 11) is 0. The molecular formula is C12H20N2O. The Labute approximate surface area is 91.5 Å². The van der Waals surface area contributed by atoms with E-state index < -0.39 is 0 Å². The first-order valence-electron chi connectivity index (χ1n) is 5.41. The molecule has 0 saturated heterocycles. The predicted molar refractivity (Wildman–Crippen MR) is 65.2 cm³/mol. The molecule has 0 unspecified atom stereocenters. The van der Waals surface area contributed by atoms with E-state index in [1.165, 1.54) is 0 Å². The Morgan fingerprint density at radius 3 is 2.67 bits per heavy atom. The summed E-state index contributed by atoms with van der Waals surface area (Å²) in [6.07, 6.45) is 0.793. The molecule has 1 rings (SSSR count). The second-order valence-corrected chi connectivity index (χ2v) is 3.70. The van der Waals surface area contributed by atoms with Crippen LogP contribution in [0.4, 0.5) is 11.4 Å². The van der Waals surface area contributed by atoms with Crippen LogP contribution in [0.25, 0.3) is 0 Å². The van der Waals surface area contributed by atoms with E-state index >= 15 is 0 Å². The number of benzene rings is 1. The Morgan fingerprint density at radius 2 is 2.13 bits per heavy atom. The second-order valence-electron chi connectivity index (χ2n) is 3.70. The number of hydrogen-bond donors (Lipinski definition) is 2. The van der Waals surface area contributed by atoms with Crippen LogP contribution in [0.3, 0.4) is 0 Å². The SMILES string of the molecule is CCN(CCCO)c1ccc(C)c(N)c1. The molecule has 1 aromatic rings. The van der Waals surface area contributed by atoms with Crippen molar-refractivity contribution < 1.29 is 5.11 Å². The lowest BCUT2D eigenvalue weighted by atomic mass is 10.1. The van der Waals surface area contributed by atoms with Gasteiger partial charge in [-0.3, -0.25) is 0 Å². The number of hydrogen-bond acceptors (Lipinski definition) is 3. The number of nitrogens with two attached hydrogens (primary N) is 1. The standard InChI is InChI=1S/C12H20N2O/c1-3-14(7-4-8-15)11-6-5-10(2)12(13)9-11/h5-6,9,15H,3-4,7-8,13H2,1-2H3. The highest BCUT2D eigenvalue weighted by Gasteiger charge is 2.04. The molecule has 0 aliphatic rings. The zero-order valence-corrected chi connectivity index (χ0v) is 9.53. The molecule has 0 fully saturated rings. The van der Waals surface area contributed by atoms with Crippen molar-refractivity contribution in [2.45, 2.75) is 20.3 Å². The molecule has 84 valence electrons. The molecule has 15 heavy (non-hydrogen) atoms. The molecule has 1 aromatic carbocycles. The maximum Gasteiger partial charge on any atom is 0.0447 e. The summed E-state index contributed by atoms with van der Waals surface area (Å²) in [5.41, 5.74) is 8.94. The monoisotopic (exact) mass is 208 g/mol. The summed E-state index contributed by atoms with van der Waals surface area (Å²) < 4.78 is 0. The van der Waals surface area contributed by atoms with Gasteiger partial charge in [0, 0.05) is 31.1 Å². The fraction of sp³-hybridized carbons (Fsp3) is 0.500. The summed E-state index contributed by atoms with van der Waals surface area (Å²) >= 11 is 0. The quantitative estimate of drug-likeness (QED) is 0.725. The van der Waals surface area contributed by atoms with Crippen LogP contribution in [0, 0.1) is 6.92 Å². The predicted octanol–water partition coefficient (Wildman–Crippen LogP) is 1.79. The van der Waals surface area contributed by atoms with Gasteiger partial charge in [0.15, 0.2) is 0 Å². The highest BCUT2D eigenvalue weighted by molar-refractivity contribution is 5.59. The molecule has 0 spiro atoms. The van der Waals surface area contributed by atoms with Gasteiger partial charge in [-0.15, -0.1) is 0 Å². The van der Waals surface area contributed by atoms with Crippen molar-refractivity contribution >= 4 is 11.4 Å². The molecule has 0 amide bonds. The van der Waals surface area contributed by atoms with Gasteiger partial charge in [-0.2, -0.15) is 0 Å². The van der Waals surface area contributed by atoms with Crippen LogP contribution in [-0.4, -0.2) is 24.8 Å². The minimum atomic E-state index is 0.234. The number of nitrogen functional groups attached to an aromatic ring is 1. The van der Waals surface area contributed by atoms with Crippen molar-refractivity contribution in [2.24, 2.45) is 0 Å². The van der Waals surface area contributed by atoms with Crippen LogP contribution >= 0.6 is 0 Å². The molecule has 3 heteroatoms. The minimum Gasteiger partial charge on any atom is -0.398 e. The Kier molecular flexibility index (Phi) is 4.43. The van der Waals surface area contributed by atoms with Gasteiger partial charge in [0.2, 0.25) is 0 Å². The fourth-order valence-corrected chi connectivity index (χ4v) is 1.56. The van der Waals surface area contributed by atoms with E-state index in [1.807, 2.05) is 19.1 Å². The number of anilines is 2. The van der Waals surface area contributed by atoms with Crippen molar-refractivity contribution in [1.82, 2.24) is 0 Å². The maximum absolute atomic E-state index is 8.80. The molecule has 0 aromatic heterocycles. The average Bonchev–Trinajstić information content (AvgIpc) is 2.24. The third kappa shape index (κ3) is 3.13. The van der Waals surface area contributed by atoms with Crippen molar-refractivity contribution in [3.8, 4) is 0 Å². The lowest BCUT2D eigenvalue weighted by Crippen LogP contribution is -2.24. The van der Waals surface area contributed by atoms with Crippen molar-refractivity contribution in [3.63, 3.8) is 0 Å². The molecule has 0 aliphatic carbocycles. The largest absolute Gasteiger partial charge is 0.398 e. The van der Waals surface area contributed by atoms with Gasteiger partial charge in [0.05, 0.1) is 0 Å². The van der Waals surface area contributed by atoms with Crippen LogP contribution in [-0.2, 0) is 0 Å². The molecule has 0 heterocycles. The number of aliphatic hydroxyl groups excluding tert-OH is 1. The normalized spacial score (nSPS) is 10.3. The van der Waals surface area contributed by atoms with Crippen molar-refractivity contribution in [1.29, 1.82) is 0 Å². The molecule has 0 radical (unpaired) electrons. The van der Waals surface area contributed by atoms with E-state index in [0.29, 0.717) is 0 Å². The first-order chi connectivity index (χ1) is 7.19. The lowest BCUT2D eigenvalue weighted by molar-refractivity contribution is 0.289. The number of aliphatic hydroxyl groups is 1. The number of aryl methyl sites for hydroxylation is 1. The van der Waals surface area contributed by atoms with Crippen LogP contribution in [0.5, 0.6) is 0 Å². The minimum absolute atomic E-state index is 0.234. The summed E-state index contributed by atoms with van der Waals surface area (Å²) in [5, 5.41) is 8.80. The highest BCUT2D eigenvalue weighted by Crippen LogP contribution is 2.20. The van der Waals surface area contributed by atoms with Gasteiger partial charge in [-0.25, -0.2) is 0 Å². The van der Waals surface area contributed by atoms with E-state index in [4.69, 9.17) is 10.8 Å². The Balaban J connectivity index is 2.78. The van der Waals surface area contributed by atoms with Gasteiger partial charge in [0.1, 0.15) is 0 Å². The van der Waals surface area contributed by atoms with Crippen LogP contribution in [0.15, 0.2) is 18.2 Å². The van der Waals surface area contributed by atoms with E-state index in [2.05, 4.69) is 17.9 Å². The topological polar surface area (TPSA) is 49.5 Å². The van der Waals surface area contributed by atoms with E-state index in [1.54, 1.807) is 0 Å². The van der Waals surface area contributed by atoms with Crippen LogP contribution in [0.2, 0.25) is 0 Å². The second kappa shape index (κ2) is 5.61. The third-order valence-corrected chi connectivity index (χ3v) is 2.60. The molecule has 0 saturated carbocycles. The summed E-state index contributed by atoms with van der Waals surface area (Å²) in [5.74, 6) is 0. The molecule has 0 bridgehead atoms. The maximum atomic E-state index is 8.80. The van der Waals surface area contributed by atoms with Gasteiger partial charge in [0.25, 0.3) is 0 Å². The van der Waals surface area contributed by atoms with E-state index in [9.17, 15) is 0 Å². The summed E-state index contributed by atoms with van der Waals surface area (Å²) in [6.45, 7) is 6.15. The number of rotatable bonds is 5. The molecule has 3 N–H and O–H groups in total. The number of nitrogens with zero attached hydrogens (tertiary/aromatic N) is 1. The Hall–Kier alpha value is -1.22. The molecule has 0 aliphatic heterocycles. The summed E-state index contributed by atoms with van der Waals surface area (Å²) in [4.78, 5) is 2.21. The molecule has 0 atom stereocenters. The van der Waals surface area contributed by atoms with Gasteiger partial charge < -0.3 is 15.7 Å². The fourth-order valence-electron chi connectivity index (χ4n) is 1.56. The Morgan fingerprint density at radius 1 is 1.40 bits per heavy atom. The van der Waals surface area contributed by atoms with E-state index in [-0.39, 0.29) is 6.61 Å². The average molecular weight is 208 g/mol. The van der Waals surface area contributed by atoms with Crippen LogP contribution < -0.4 is 10.6 Å². The van der Waals surface area contributed by atoms with Crippen molar-refractivity contribution in [3.05, 3.63) is 23.8 Å². The summed E-state index contributed by atoms with van der Waals surface area (Å²) in [6, 6.07) is 6.11. The smallest absolute Gasteiger partial charge is 0.0447 e. The third-order valence-electron chi connectivity index (χ3n) is 2.60. The van der Waals surface area contributed by atoms with Gasteiger partial charge in [-0.1, -0.05) is 6.07 Å². The molecule has 3 nitrogen and oxygen atoms in total. The lowest BCUT2D eigenvalue weighted by Gasteiger charge is -2.23. The van der Waals surface area contributed by atoms with E-state index in [0.717, 1.165) is 36.4 Å². The molecular weight excluding hydrogens is 188 g/mol. The highest BCUT2D eigenvalue weighted by atomic mass is 16.3. The first-order valence-corrected chi connectivity index (χ1v) is 5.41. The zero-order chi connectivity index (χ0) is 11.3. The zero-order valence-electron chi connectivity index (χ0n) is 9.53. The van der Waals surface area contributed by atoms with Gasteiger partial charge in [-0.05, 0) is 38.0 Å².